The molecule has 0 aromatic heterocycles. The average Bonchev–Trinajstić information content (AvgIpc) is 2.39. The SMILES string of the molecule is CCOc1cc(/C=C/C(=O)O)cc(Br)c1OCCC(C)C. The lowest BCUT2D eigenvalue weighted by atomic mass is 10.1. The van der Waals surface area contributed by atoms with Gasteiger partial charge in [-0.3, -0.25) is 0 Å². The number of carboxylic acid groups (broad SMARTS) is 1. The van der Waals surface area contributed by atoms with Gasteiger partial charge in [0, 0.05) is 6.08 Å². The minimum atomic E-state index is -0.985. The molecular formula is C16H21BrO4. The van der Waals surface area contributed by atoms with Crippen LogP contribution in [0.3, 0.4) is 0 Å². The fourth-order valence-corrected chi connectivity index (χ4v) is 2.23. The van der Waals surface area contributed by atoms with Gasteiger partial charge in [-0.15, -0.1) is 0 Å². The number of carbonyl (C=O) groups is 1. The molecule has 1 aromatic carbocycles. The van der Waals surface area contributed by atoms with E-state index in [-0.39, 0.29) is 0 Å². The van der Waals surface area contributed by atoms with Crippen molar-refractivity contribution in [2.45, 2.75) is 27.2 Å². The maximum absolute atomic E-state index is 10.6. The van der Waals surface area contributed by atoms with Gasteiger partial charge in [0.1, 0.15) is 0 Å². The molecule has 0 saturated heterocycles. The monoisotopic (exact) mass is 356 g/mol. The third kappa shape index (κ3) is 6.21. The van der Waals surface area contributed by atoms with Crippen molar-refractivity contribution in [3.63, 3.8) is 0 Å². The van der Waals surface area contributed by atoms with Crippen molar-refractivity contribution in [2.75, 3.05) is 13.2 Å². The first-order chi connectivity index (χ1) is 9.93. The molecule has 0 aliphatic rings. The zero-order valence-electron chi connectivity index (χ0n) is 12.6. The summed E-state index contributed by atoms with van der Waals surface area (Å²) < 4.78 is 12.1. The number of hydrogen-bond acceptors (Lipinski definition) is 3. The summed E-state index contributed by atoms with van der Waals surface area (Å²) >= 11 is 3.46. The van der Waals surface area contributed by atoms with Gasteiger partial charge in [-0.25, -0.2) is 4.79 Å². The smallest absolute Gasteiger partial charge is 0.328 e. The fraction of sp³-hybridized carbons (Fsp3) is 0.438. The van der Waals surface area contributed by atoms with Crippen LogP contribution in [0.5, 0.6) is 11.5 Å². The summed E-state index contributed by atoms with van der Waals surface area (Å²) in [6.07, 6.45) is 3.57. The minimum Gasteiger partial charge on any atom is -0.490 e. The van der Waals surface area contributed by atoms with Crippen LogP contribution in [0.4, 0.5) is 0 Å². The van der Waals surface area contributed by atoms with E-state index < -0.39 is 5.97 Å². The van der Waals surface area contributed by atoms with E-state index in [9.17, 15) is 4.79 Å². The Bertz CT molecular complexity index is 509. The number of halogens is 1. The highest BCUT2D eigenvalue weighted by atomic mass is 79.9. The Balaban J connectivity index is 2.98. The summed E-state index contributed by atoms with van der Waals surface area (Å²) in [5.41, 5.74) is 0.740. The van der Waals surface area contributed by atoms with E-state index in [1.54, 1.807) is 6.07 Å². The lowest BCUT2D eigenvalue weighted by molar-refractivity contribution is -0.131. The summed E-state index contributed by atoms with van der Waals surface area (Å²) in [5.74, 6) is 0.851. The third-order valence-corrected chi connectivity index (χ3v) is 3.28. The summed E-state index contributed by atoms with van der Waals surface area (Å²) in [6.45, 7) is 7.30. The predicted octanol–water partition coefficient (Wildman–Crippen LogP) is 4.37. The molecule has 5 heteroatoms. The first-order valence-corrected chi connectivity index (χ1v) is 7.73. The molecule has 0 unspecified atom stereocenters. The van der Waals surface area contributed by atoms with Gasteiger partial charge in [0.05, 0.1) is 17.7 Å². The quantitative estimate of drug-likeness (QED) is 0.702. The zero-order valence-corrected chi connectivity index (χ0v) is 14.1. The second-order valence-electron chi connectivity index (χ2n) is 4.97. The lowest BCUT2D eigenvalue weighted by Crippen LogP contribution is -2.04. The van der Waals surface area contributed by atoms with Gasteiger partial charge in [-0.2, -0.15) is 0 Å². The summed E-state index contributed by atoms with van der Waals surface area (Å²) in [5, 5.41) is 8.68. The normalized spacial score (nSPS) is 11.1. The van der Waals surface area contributed by atoms with Crippen LogP contribution in [-0.4, -0.2) is 24.3 Å². The van der Waals surface area contributed by atoms with Crippen LogP contribution in [0.25, 0.3) is 6.08 Å². The van der Waals surface area contributed by atoms with E-state index in [4.69, 9.17) is 14.6 Å². The van der Waals surface area contributed by atoms with Crippen LogP contribution in [0.1, 0.15) is 32.8 Å². The van der Waals surface area contributed by atoms with Gasteiger partial charge >= 0.3 is 5.97 Å². The molecular weight excluding hydrogens is 336 g/mol. The molecule has 0 radical (unpaired) electrons. The zero-order chi connectivity index (χ0) is 15.8. The number of carboxylic acids is 1. The van der Waals surface area contributed by atoms with Gasteiger partial charge in [-0.1, -0.05) is 13.8 Å². The van der Waals surface area contributed by atoms with E-state index in [0.717, 1.165) is 22.5 Å². The van der Waals surface area contributed by atoms with Crippen molar-refractivity contribution in [1.82, 2.24) is 0 Å². The molecule has 1 N–H and O–H groups in total. The van der Waals surface area contributed by atoms with Gasteiger partial charge < -0.3 is 14.6 Å². The summed E-state index contributed by atoms with van der Waals surface area (Å²) in [7, 11) is 0. The van der Waals surface area contributed by atoms with Crippen molar-refractivity contribution < 1.29 is 19.4 Å². The van der Waals surface area contributed by atoms with E-state index in [1.807, 2.05) is 13.0 Å². The molecule has 116 valence electrons. The molecule has 1 aromatic rings. The number of aliphatic carboxylic acids is 1. The van der Waals surface area contributed by atoms with Crippen LogP contribution < -0.4 is 9.47 Å². The molecule has 0 heterocycles. The number of benzene rings is 1. The minimum absolute atomic E-state index is 0.513. The average molecular weight is 357 g/mol. The van der Waals surface area contributed by atoms with Crippen molar-refractivity contribution in [1.29, 1.82) is 0 Å². The van der Waals surface area contributed by atoms with Crippen molar-refractivity contribution >= 4 is 28.0 Å². The van der Waals surface area contributed by atoms with E-state index in [0.29, 0.717) is 30.6 Å². The highest BCUT2D eigenvalue weighted by Gasteiger charge is 2.12. The first-order valence-electron chi connectivity index (χ1n) is 6.94. The Morgan fingerprint density at radius 1 is 1.38 bits per heavy atom. The number of rotatable bonds is 8. The highest BCUT2D eigenvalue weighted by Crippen LogP contribution is 2.37. The van der Waals surface area contributed by atoms with Crippen LogP contribution in [-0.2, 0) is 4.79 Å². The summed E-state index contributed by atoms with van der Waals surface area (Å²) in [4.78, 5) is 10.6. The molecule has 0 aliphatic carbocycles. The van der Waals surface area contributed by atoms with Gasteiger partial charge in [-0.05, 0) is 59.0 Å². The Morgan fingerprint density at radius 3 is 2.67 bits per heavy atom. The van der Waals surface area contributed by atoms with Crippen LogP contribution in [0, 0.1) is 5.92 Å². The predicted molar refractivity (Wildman–Crippen MR) is 86.9 cm³/mol. The number of ether oxygens (including phenoxy) is 2. The highest BCUT2D eigenvalue weighted by molar-refractivity contribution is 9.10. The Labute approximate surface area is 133 Å². The molecule has 0 spiro atoms. The first kappa shape index (κ1) is 17.6. The maximum atomic E-state index is 10.6. The number of hydrogen-bond donors (Lipinski definition) is 1. The van der Waals surface area contributed by atoms with Crippen molar-refractivity contribution in [3.05, 3.63) is 28.2 Å². The maximum Gasteiger partial charge on any atom is 0.328 e. The van der Waals surface area contributed by atoms with Gasteiger partial charge in [0.15, 0.2) is 11.5 Å². The largest absolute Gasteiger partial charge is 0.490 e. The Morgan fingerprint density at radius 2 is 2.10 bits per heavy atom. The van der Waals surface area contributed by atoms with Crippen LogP contribution in [0.2, 0.25) is 0 Å². The van der Waals surface area contributed by atoms with Crippen molar-refractivity contribution in [2.24, 2.45) is 5.92 Å². The molecule has 0 aliphatic heterocycles. The molecule has 0 bridgehead atoms. The van der Waals surface area contributed by atoms with E-state index in [2.05, 4.69) is 29.8 Å². The standard InChI is InChI=1S/C16H21BrO4/c1-4-20-14-10-12(5-6-15(18)19)9-13(17)16(14)21-8-7-11(2)3/h5-6,9-11H,4,7-8H2,1-3H3,(H,18,19)/b6-5+. The molecule has 0 saturated carbocycles. The second-order valence-corrected chi connectivity index (χ2v) is 5.82. The Kier molecular flexibility index (Phi) is 7.29. The topological polar surface area (TPSA) is 55.8 Å². The molecule has 21 heavy (non-hydrogen) atoms. The molecule has 1 rings (SSSR count). The second kappa shape index (κ2) is 8.72. The van der Waals surface area contributed by atoms with E-state index in [1.165, 1.54) is 6.08 Å². The Hall–Kier alpha value is -1.49. The summed E-state index contributed by atoms with van der Waals surface area (Å²) in [6, 6.07) is 3.59. The molecule has 4 nitrogen and oxygen atoms in total. The third-order valence-electron chi connectivity index (χ3n) is 2.69. The molecule has 0 amide bonds. The molecule has 0 atom stereocenters. The van der Waals surface area contributed by atoms with Gasteiger partial charge in [0.25, 0.3) is 0 Å². The van der Waals surface area contributed by atoms with Crippen molar-refractivity contribution in [3.8, 4) is 11.5 Å². The lowest BCUT2D eigenvalue weighted by Gasteiger charge is -2.15. The fourth-order valence-electron chi connectivity index (χ4n) is 1.65. The molecule has 0 fully saturated rings. The van der Waals surface area contributed by atoms with Gasteiger partial charge in [0.2, 0.25) is 0 Å². The van der Waals surface area contributed by atoms with Crippen LogP contribution >= 0.6 is 15.9 Å². The van der Waals surface area contributed by atoms with Crippen LogP contribution in [0.15, 0.2) is 22.7 Å². The van der Waals surface area contributed by atoms with E-state index >= 15 is 0 Å².